The maximum Gasteiger partial charge on any atom is 0.151 e. The highest BCUT2D eigenvalue weighted by atomic mass is 16.1. The molecule has 0 heterocycles. The van der Waals surface area contributed by atoms with Crippen molar-refractivity contribution >= 4 is 11.5 Å². The molecule has 1 aromatic rings. The van der Waals surface area contributed by atoms with Gasteiger partial charge in [0.05, 0.1) is 6.54 Å². The maximum absolute atomic E-state index is 11.1. The van der Waals surface area contributed by atoms with Crippen LogP contribution in [0.5, 0.6) is 0 Å². The van der Waals surface area contributed by atoms with Gasteiger partial charge in [-0.3, -0.25) is 4.79 Å². The topological polar surface area (TPSA) is 29.1 Å². The van der Waals surface area contributed by atoms with Gasteiger partial charge < -0.3 is 5.32 Å². The molecule has 0 radical (unpaired) electrons. The molecule has 2 nitrogen and oxygen atoms in total. The van der Waals surface area contributed by atoms with Gasteiger partial charge in [-0.15, -0.1) is 0 Å². The third-order valence-electron chi connectivity index (χ3n) is 2.48. The van der Waals surface area contributed by atoms with Gasteiger partial charge in [0.2, 0.25) is 0 Å². The highest BCUT2D eigenvalue weighted by molar-refractivity contribution is 5.82. The summed E-state index contributed by atoms with van der Waals surface area (Å²) in [7, 11) is 0. The van der Waals surface area contributed by atoms with E-state index >= 15 is 0 Å². The van der Waals surface area contributed by atoms with Crippen molar-refractivity contribution in [2.24, 2.45) is 5.92 Å². The molecule has 0 atom stereocenters. The molecular weight excluding hydrogens is 198 g/mol. The molecule has 1 aromatic carbocycles. The number of anilines is 1. The number of benzene rings is 1. The van der Waals surface area contributed by atoms with Gasteiger partial charge >= 0.3 is 0 Å². The Morgan fingerprint density at radius 2 is 1.88 bits per heavy atom. The standard InChI is InChI=1S/C14H21NO/c1-4-14(16)10-15-13-7-5-12(6-8-13)9-11(2)3/h5-8,11,15H,4,9-10H2,1-3H3. The molecule has 0 fully saturated rings. The van der Waals surface area contributed by atoms with E-state index in [-0.39, 0.29) is 5.78 Å². The number of nitrogens with one attached hydrogen (secondary N) is 1. The van der Waals surface area contributed by atoms with E-state index < -0.39 is 0 Å². The summed E-state index contributed by atoms with van der Waals surface area (Å²) in [6, 6.07) is 8.33. The van der Waals surface area contributed by atoms with Crippen LogP contribution in [0.1, 0.15) is 32.8 Å². The predicted molar refractivity (Wildman–Crippen MR) is 68.8 cm³/mol. The molecular formula is C14H21NO. The van der Waals surface area contributed by atoms with Crippen LogP contribution >= 0.6 is 0 Å². The Hall–Kier alpha value is -1.31. The van der Waals surface area contributed by atoms with Gasteiger partial charge in [0, 0.05) is 12.1 Å². The Balaban J connectivity index is 2.48. The molecule has 0 aliphatic carbocycles. The molecule has 0 aliphatic heterocycles. The zero-order valence-electron chi connectivity index (χ0n) is 10.4. The summed E-state index contributed by atoms with van der Waals surface area (Å²) < 4.78 is 0. The Labute approximate surface area is 98.1 Å². The van der Waals surface area contributed by atoms with Crippen molar-refractivity contribution in [3.8, 4) is 0 Å². The summed E-state index contributed by atoms with van der Waals surface area (Å²) in [5, 5.41) is 3.13. The fourth-order valence-corrected chi connectivity index (χ4v) is 1.56. The number of hydrogen-bond acceptors (Lipinski definition) is 2. The second-order valence-corrected chi connectivity index (χ2v) is 4.54. The zero-order valence-corrected chi connectivity index (χ0v) is 10.4. The molecule has 1 N–H and O–H groups in total. The SMILES string of the molecule is CCC(=O)CNc1ccc(CC(C)C)cc1. The quantitative estimate of drug-likeness (QED) is 0.795. The Morgan fingerprint density at radius 1 is 1.25 bits per heavy atom. The van der Waals surface area contributed by atoms with Crippen LogP contribution in [0.4, 0.5) is 5.69 Å². The number of carbonyl (C=O) groups excluding carboxylic acids is 1. The first kappa shape index (κ1) is 12.8. The van der Waals surface area contributed by atoms with Crippen LogP contribution in [0, 0.1) is 5.92 Å². The Morgan fingerprint density at radius 3 is 2.38 bits per heavy atom. The van der Waals surface area contributed by atoms with E-state index in [4.69, 9.17) is 0 Å². The first-order valence-corrected chi connectivity index (χ1v) is 5.96. The first-order valence-electron chi connectivity index (χ1n) is 5.96. The van der Waals surface area contributed by atoms with Crippen LogP contribution in [0.15, 0.2) is 24.3 Å². The molecule has 2 heteroatoms. The maximum atomic E-state index is 11.1. The van der Waals surface area contributed by atoms with Crippen LogP contribution in [0.25, 0.3) is 0 Å². The van der Waals surface area contributed by atoms with Gasteiger partial charge in [0.15, 0.2) is 5.78 Å². The lowest BCUT2D eigenvalue weighted by molar-refractivity contribution is -0.117. The predicted octanol–water partition coefficient (Wildman–Crippen LogP) is 3.28. The van der Waals surface area contributed by atoms with E-state index in [2.05, 4.69) is 31.3 Å². The molecule has 0 saturated heterocycles. The van der Waals surface area contributed by atoms with Crippen molar-refractivity contribution in [1.82, 2.24) is 0 Å². The highest BCUT2D eigenvalue weighted by Crippen LogP contribution is 2.12. The van der Waals surface area contributed by atoms with Gasteiger partial charge in [-0.1, -0.05) is 32.9 Å². The minimum atomic E-state index is 0.242. The van der Waals surface area contributed by atoms with Gasteiger partial charge in [-0.05, 0) is 30.0 Å². The van der Waals surface area contributed by atoms with Gasteiger partial charge in [0.1, 0.15) is 0 Å². The van der Waals surface area contributed by atoms with Crippen molar-refractivity contribution in [2.75, 3.05) is 11.9 Å². The summed E-state index contributed by atoms with van der Waals surface area (Å²) in [5.41, 5.74) is 2.37. The van der Waals surface area contributed by atoms with Crippen LogP contribution in [0.3, 0.4) is 0 Å². The largest absolute Gasteiger partial charge is 0.378 e. The van der Waals surface area contributed by atoms with E-state index in [1.165, 1.54) is 5.56 Å². The lowest BCUT2D eigenvalue weighted by Crippen LogP contribution is -2.12. The molecule has 0 spiro atoms. The van der Waals surface area contributed by atoms with Crippen molar-refractivity contribution in [2.45, 2.75) is 33.6 Å². The van der Waals surface area contributed by atoms with E-state index in [0.717, 1.165) is 12.1 Å². The highest BCUT2D eigenvalue weighted by Gasteiger charge is 2.00. The number of Topliss-reactive ketones (excluding diaryl/α,β-unsaturated/α-hetero) is 1. The van der Waals surface area contributed by atoms with Crippen LogP contribution < -0.4 is 5.32 Å². The second-order valence-electron chi connectivity index (χ2n) is 4.54. The van der Waals surface area contributed by atoms with Crippen LogP contribution in [0.2, 0.25) is 0 Å². The molecule has 0 amide bonds. The fourth-order valence-electron chi connectivity index (χ4n) is 1.56. The minimum Gasteiger partial charge on any atom is -0.378 e. The van der Waals surface area contributed by atoms with Crippen molar-refractivity contribution in [3.63, 3.8) is 0 Å². The number of carbonyl (C=O) groups is 1. The minimum absolute atomic E-state index is 0.242. The van der Waals surface area contributed by atoms with Gasteiger partial charge in [0.25, 0.3) is 0 Å². The summed E-state index contributed by atoms with van der Waals surface area (Å²) >= 11 is 0. The second kappa shape index (κ2) is 6.31. The lowest BCUT2D eigenvalue weighted by Gasteiger charge is -2.08. The average Bonchev–Trinajstić information content (AvgIpc) is 2.27. The molecule has 0 aliphatic rings. The molecule has 0 bridgehead atoms. The molecule has 1 rings (SSSR count). The number of hydrogen-bond donors (Lipinski definition) is 1. The van der Waals surface area contributed by atoms with E-state index in [1.54, 1.807) is 0 Å². The Bertz CT molecular complexity index is 327. The van der Waals surface area contributed by atoms with Crippen molar-refractivity contribution in [1.29, 1.82) is 0 Å². The van der Waals surface area contributed by atoms with E-state index in [1.807, 2.05) is 19.1 Å². The molecule has 0 saturated carbocycles. The molecule has 0 unspecified atom stereocenters. The molecule has 88 valence electrons. The number of rotatable bonds is 6. The summed E-state index contributed by atoms with van der Waals surface area (Å²) in [6.45, 7) is 6.74. The molecule has 16 heavy (non-hydrogen) atoms. The molecule has 0 aromatic heterocycles. The van der Waals surface area contributed by atoms with E-state index in [9.17, 15) is 4.79 Å². The summed E-state index contributed by atoms with van der Waals surface area (Å²) in [6.07, 6.45) is 1.70. The van der Waals surface area contributed by atoms with Gasteiger partial charge in [-0.2, -0.15) is 0 Å². The third-order valence-corrected chi connectivity index (χ3v) is 2.48. The smallest absolute Gasteiger partial charge is 0.151 e. The first-order chi connectivity index (χ1) is 7.61. The van der Waals surface area contributed by atoms with Crippen molar-refractivity contribution in [3.05, 3.63) is 29.8 Å². The third kappa shape index (κ3) is 4.47. The summed E-state index contributed by atoms with van der Waals surface area (Å²) in [5.74, 6) is 0.923. The normalized spacial score (nSPS) is 10.5. The Kier molecular flexibility index (Phi) is 5.03. The zero-order chi connectivity index (χ0) is 12.0. The monoisotopic (exact) mass is 219 g/mol. The van der Waals surface area contributed by atoms with Crippen molar-refractivity contribution < 1.29 is 4.79 Å². The lowest BCUT2D eigenvalue weighted by atomic mass is 10.0. The number of ketones is 1. The average molecular weight is 219 g/mol. The van der Waals surface area contributed by atoms with Crippen LogP contribution in [-0.2, 0) is 11.2 Å². The fraction of sp³-hybridized carbons (Fsp3) is 0.500. The van der Waals surface area contributed by atoms with E-state index in [0.29, 0.717) is 18.9 Å². The van der Waals surface area contributed by atoms with Gasteiger partial charge in [-0.25, -0.2) is 0 Å². The summed E-state index contributed by atoms with van der Waals surface area (Å²) in [4.78, 5) is 11.1. The van der Waals surface area contributed by atoms with Crippen LogP contribution in [-0.4, -0.2) is 12.3 Å².